The van der Waals surface area contributed by atoms with Crippen LogP contribution < -0.4 is 24.3 Å². The summed E-state index contributed by atoms with van der Waals surface area (Å²) in [5, 5.41) is 2.70. The third kappa shape index (κ3) is 4.80. The van der Waals surface area contributed by atoms with Gasteiger partial charge in [0.2, 0.25) is 37.2 Å². The van der Waals surface area contributed by atoms with Crippen LogP contribution in [0, 0.1) is 13.1 Å². The van der Waals surface area contributed by atoms with Gasteiger partial charge in [0, 0.05) is 20.9 Å². The van der Waals surface area contributed by atoms with Crippen molar-refractivity contribution in [1.82, 2.24) is 20.0 Å². The summed E-state index contributed by atoms with van der Waals surface area (Å²) in [5.74, 6) is 1.92. The molecule has 4 saturated heterocycles. The molecule has 1 N–H and O–H groups in total. The highest BCUT2D eigenvalue weighted by atomic mass is 16.7. The lowest BCUT2D eigenvalue weighted by Gasteiger charge is -2.41. The fourth-order valence-electron chi connectivity index (χ4n) is 7.97. The molecule has 14 heteroatoms. The van der Waals surface area contributed by atoms with Crippen LogP contribution in [-0.4, -0.2) is 94.2 Å². The number of likely N-dealkylation sites (N-methyl/N-ethyl adjacent to an activating group) is 1. The zero-order valence-corrected chi connectivity index (χ0v) is 27.8. The van der Waals surface area contributed by atoms with Crippen molar-refractivity contribution in [1.29, 1.82) is 0 Å². The Balaban J connectivity index is 0.000000154. The molecule has 0 unspecified atom stereocenters. The molecule has 0 bridgehead atoms. The Morgan fingerprint density at radius 2 is 1.18 bits per heavy atom. The molecule has 2 aromatic carbocycles. The number of ether oxygens (including phenoxy) is 4. The molecule has 0 aromatic heterocycles. The van der Waals surface area contributed by atoms with Crippen LogP contribution >= 0.6 is 0 Å². The van der Waals surface area contributed by atoms with E-state index in [4.69, 9.17) is 32.1 Å². The van der Waals surface area contributed by atoms with Crippen LogP contribution in [0.2, 0.25) is 0 Å². The SMILES string of the molecule is [C-]#[N+][C@@]1(C)C[C@H]2C(=O)N(C)[C@@H](C)C(=O)N2[C@H]1c1ccc2c(c1)OCO2.[C-]#[N+][C@@]1(C)C[C@H]2C(=O)N[C@@H](C)C(=O)N2[C@H]1c1ccc2c(c1)OCO2. The maximum absolute atomic E-state index is 13.0. The first kappa shape index (κ1) is 32.1. The van der Waals surface area contributed by atoms with E-state index in [0.717, 1.165) is 11.1 Å². The van der Waals surface area contributed by atoms with E-state index in [-0.39, 0.29) is 37.2 Å². The van der Waals surface area contributed by atoms with Gasteiger partial charge in [0.1, 0.15) is 36.3 Å². The predicted octanol–water partition coefficient (Wildman–Crippen LogP) is 2.85. The van der Waals surface area contributed by atoms with Crippen molar-refractivity contribution in [3.63, 3.8) is 0 Å². The number of benzene rings is 2. The Bertz CT molecular complexity index is 1870. The molecule has 4 amide bonds. The molecule has 0 aliphatic carbocycles. The van der Waals surface area contributed by atoms with Crippen LogP contribution in [-0.2, 0) is 19.2 Å². The van der Waals surface area contributed by atoms with Crippen molar-refractivity contribution in [2.24, 2.45) is 0 Å². The Hall–Kier alpha value is -5.50. The summed E-state index contributed by atoms with van der Waals surface area (Å²) in [5.41, 5.74) is -0.150. The largest absolute Gasteiger partial charge is 0.454 e. The van der Waals surface area contributed by atoms with Crippen LogP contribution in [0.4, 0.5) is 0 Å². The van der Waals surface area contributed by atoms with Crippen molar-refractivity contribution in [3.05, 3.63) is 70.4 Å². The van der Waals surface area contributed by atoms with Gasteiger partial charge in [-0.05, 0) is 49.2 Å². The smallest absolute Gasteiger partial charge is 0.256 e. The molecular formula is C35H36N6O8. The molecule has 0 radical (unpaired) electrons. The van der Waals surface area contributed by atoms with Crippen molar-refractivity contribution in [2.75, 3.05) is 20.6 Å². The van der Waals surface area contributed by atoms with Gasteiger partial charge in [-0.3, -0.25) is 19.2 Å². The van der Waals surface area contributed by atoms with Gasteiger partial charge in [0.15, 0.2) is 23.0 Å². The molecule has 254 valence electrons. The van der Waals surface area contributed by atoms with Crippen LogP contribution in [0.15, 0.2) is 36.4 Å². The van der Waals surface area contributed by atoms with Gasteiger partial charge in [-0.15, -0.1) is 0 Å². The normalized spacial score (nSPS) is 33.7. The third-order valence-electron chi connectivity index (χ3n) is 10.7. The Labute approximate surface area is 283 Å². The lowest BCUT2D eigenvalue weighted by Crippen LogP contribution is -2.60. The van der Waals surface area contributed by atoms with E-state index in [1.54, 1.807) is 49.8 Å². The number of fused-ring (bicyclic) bond motifs is 4. The van der Waals surface area contributed by atoms with Crippen molar-refractivity contribution < 1.29 is 38.1 Å². The Morgan fingerprint density at radius 3 is 1.69 bits per heavy atom. The van der Waals surface area contributed by atoms with Crippen molar-refractivity contribution in [3.8, 4) is 23.0 Å². The van der Waals surface area contributed by atoms with E-state index < -0.39 is 47.3 Å². The molecule has 14 nitrogen and oxygen atoms in total. The van der Waals surface area contributed by atoms with Gasteiger partial charge in [-0.25, -0.2) is 13.1 Å². The zero-order valence-electron chi connectivity index (χ0n) is 27.8. The second-order valence-corrected chi connectivity index (χ2v) is 13.8. The predicted molar refractivity (Wildman–Crippen MR) is 171 cm³/mol. The number of rotatable bonds is 2. The van der Waals surface area contributed by atoms with Gasteiger partial charge in [0.25, 0.3) is 11.1 Å². The standard InChI is InChI=1S/C18H19N3O4.C17H17N3O4/c1-10-16(22)21-12(17(23)20(10)4)8-18(2,19-3)15(21)11-5-6-13-14(7-11)25-9-24-13;1-9-16(22)20-11(15(21)19-9)7-17(2,18-3)14(20)10-4-5-12-13(6-10)24-8-23-12/h5-7,10,12,15H,8-9H2,1-2,4H3;4-6,9,11,14H,7-8H2,1-2H3,(H,19,21)/t10-,12-,15-,18-;9-,11-,14-,17-/m00/s1. The number of amides is 4. The van der Waals surface area contributed by atoms with Crippen LogP contribution in [0.1, 0.15) is 63.7 Å². The van der Waals surface area contributed by atoms with E-state index in [9.17, 15) is 19.2 Å². The maximum Gasteiger partial charge on any atom is 0.256 e. The topological polar surface area (TPSA) is 136 Å². The van der Waals surface area contributed by atoms with Gasteiger partial charge in [0.05, 0.1) is 12.8 Å². The average molecular weight is 669 g/mol. The summed E-state index contributed by atoms with van der Waals surface area (Å²) in [6, 6.07) is 7.60. The number of hydrogen-bond acceptors (Lipinski definition) is 8. The van der Waals surface area contributed by atoms with Gasteiger partial charge in [-0.2, -0.15) is 0 Å². The lowest BCUT2D eigenvalue weighted by molar-refractivity contribution is -0.159. The molecule has 0 spiro atoms. The fourth-order valence-corrected chi connectivity index (χ4v) is 7.97. The summed E-state index contributed by atoms with van der Waals surface area (Å²) in [6.45, 7) is 22.7. The molecule has 8 atom stereocenters. The molecule has 6 aliphatic heterocycles. The van der Waals surface area contributed by atoms with Gasteiger partial charge >= 0.3 is 0 Å². The van der Waals surface area contributed by atoms with E-state index in [2.05, 4.69) is 15.0 Å². The first-order chi connectivity index (χ1) is 23.3. The number of carbonyl (C=O) groups is 4. The molecule has 6 heterocycles. The lowest BCUT2D eigenvalue weighted by atomic mass is 9.87. The third-order valence-corrected chi connectivity index (χ3v) is 10.7. The highest BCUT2D eigenvalue weighted by molar-refractivity contribution is 5.98. The molecule has 6 aliphatic rings. The summed E-state index contributed by atoms with van der Waals surface area (Å²) in [7, 11) is 1.64. The van der Waals surface area contributed by atoms with E-state index >= 15 is 0 Å². The van der Waals surface area contributed by atoms with Gasteiger partial charge < -0.3 is 48.7 Å². The van der Waals surface area contributed by atoms with Crippen molar-refractivity contribution in [2.45, 2.75) is 87.9 Å². The highest BCUT2D eigenvalue weighted by Crippen LogP contribution is 2.51. The van der Waals surface area contributed by atoms with Crippen LogP contribution in [0.5, 0.6) is 23.0 Å². The summed E-state index contributed by atoms with van der Waals surface area (Å²) in [4.78, 5) is 63.0. The second kappa shape index (κ2) is 11.3. The second-order valence-electron chi connectivity index (χ2n) is 13.8. The highest BCUT2D eigenvalue weighted by Gasteiger charge is 2.63. The number of piperazine rings is 2. The Morgan fingerprint density at radius 1 is 0.714 bits per heavy atom. The fraction of sp³-hybridized carbons (Fsp3) is 0.486. The summed E-state index contributed by atoms with van der Waals surface area (Å²) < 4.78 is 21.5. The summed E-state index contributed by atoms with van der Waals surface area (Å²) in [6.07, 6.45) is 0.650. The zero-order chi connectivity index (χ0) is 35.0. The number of hydrogen-bond donors (Lipinski definition) is 1. The Kier molecular flexibility index (Phi) is 7.39. The minimum absolute atomic E-state index is 0.106. The average Bonchev–Trinajstić information content (AvgIpc) is 3.88. The quantitative estimate of drug-likeness (QED) is 0.483. The number of nitrogens with one attached hydrogen (secondary N) is 1. The minimum atomic E-state index is -0.866. The van der Waals surface area contributed by atoms with Crippen molar-refractivity contribution >= 4 is 23.6 Å². The molecule has 2 aromatic rings. The maximum atomic E-state index is 13.0. The van der Waals surface area contributed by atoms with E-state index in [1.165, 1.54) is 4.90 Å². The van der Waals surface area contributed by atoms with E-state index in [0.29, 0.717) is 35.8 Å². The first-order valence-electron chi connectivity index (χ1n) is 16.1. The van der Waals surface area contributed by atoms with E-state index in [1.807, 2.05) is 31.2 Å². The molecule has 49 heavy (non-hydrogen) atoms. The first-order valence-corrected chi connectivity index (χ1v) is 16.1. The molecule has 0 saturated carbocycles. The molecular weight excluding hydrogens is 632 g/mol. The minimum Gasteiger partial charge on any atom is -0.454 e. The van der Waals surface area contributed by atoms with Crippen LogP contribution in [0.3, 0.4) is 0 Å². The molecule has 8 rings (SSSR count). The number of carbonyl (C=O) groups excluding carboxylic acids is 4. The van der Waals surface area contributed by atoms with Crippen LogP contribution in [0.25, 0.3) is 9.69 Å². The van der Waals surface area contributed by atoms with Gasteiger partial charge in [-0.1, -0.05) is 12.1 Å². The summed E-state index contributed by atoms with van der Waals surface area (Å²) >= 11 is 0. The number of nitrogens with zero attached hydrogens (tertiary/aromatic N) is 5. The monoisotopic (exact) mass is 668 g/mol. The molecule has 4 fully saturated rings.